The molecule has 2 aromatic rings. The standard InChI is InChI=1S/C21H19ClFNO3/c1-13(2)27-17-9-5-15(6-10-17)18-19(22)21(26)24(20(18)25)12-11-14-3-7-16(23)8-4-14/h3-10,13H,11-12H2,1-2H3. The van der Waals surface area contributed by atoms with Crippen LogP contribution in [0.2, 0.25) is 0 Å². The Labute approximate surface area is 162 Å². The van der Waals surface area contributed by atoms with E-state index in [0.717, 1.165) is 10.5 Å². The molecule has 3 rings (SSSR count). The third-order valence-electron chi connectivity index (χ3n) is 4.16. The van der Waals surface area contributed by atoms with Crippen LogP contribution in [0.15, 0.2) is 53.6 Å². The van der Waals surface area contributed by atoms with Gasteiger partial charge >= 0.3 is 0 Å². The van der Waals surface area contributed by atoms with Crippen molar-refractivity contribution >= 4 is 29.0 Å². The van der Waals surface area contributed by atoms with Crippen molar-refractivity contribution in [1.82, 2.24) is 4.90 Å². The first-order chi connectivity index (χ1) is 12.9. The zero-order valence-corrected chi connectivity index (χ0v) is 15.8. The summed E-state index contributed by atoms with van der Waals surface area (Å²) in [5, 5.41) is -0.0864. The van der Waals surface area contributed by atoms with Crippen LogP contribution < -0.4 is 4.74 Å². The van der Waals surface area contributed by atoms with E-state index in [9.17, 15) is 14.0 Å². The van der Waals surface area contributed by atoms with E-state index in [4.69, 9.17) is 16.3 Å². The lowest BCUT2D eigenvalue weighted by Gasteiger charge is -2.15. The van der Waals surface area contributed by atoms with Gasteiger partial charge in [0.15, 0.2) is 0 Å². The summed E-state index contributed by atoms with van der Waals surface area (Å²) in [5.74, 6) is -0.592. The van der Waals surface area contributed by atoms with E-state index < -0.39 is 11.8 Å². The second-order valence-corrected chi connectivity index (χ2v) is 6.90. The molecule has 1 aliphatic rings. The van der Waals surface area contributed by atoms with E-state index in [1.165, 1.54) is 12.1 Å². The van der Waals surface area contributed by atoms with Crippen molar-refractivity contribution in [2.24, 2.45) is 0 Å². The molecule has 0 N–H and O–H groups in total. The van der Waals surface area contributed by atoms with Crippen molar-refractivity contribution in [1.29, 1.82) is 0 Å². The minimum Gasteiger partial charge on any atom is -0.491 e. The van der Waals surface area contributed by atoms with Crippen LogP contribution in [0.5, 0.6) is 5.75 Å². The van der Waals surface area contributed by atoms with Gasteiger partial charge in [0.25, 0.3) is 11.8 Å². The largest absolute Gasteiger partial charge is 0.491 e. The molecule has 0 radical (unpaired) electrons. The van der Waals surface area contributed by atoms with E-state index in [1.54, 1.807) is 36.4 Å². The number of imide groups is 1. The van der Waals surface area contributed by atoms with E-state index in [2.05, 4.69) is 0 Å². The maximum atomic E-state index is 13.0. The highest BCUT2D eigenvalue weighted by atomic mass is 35.5. The molecule has 0 saturated heterocycles. The number of nitrogens with zero attached hydrogens (tertiary/aromatic N) is 1. The van der Waals surface area contributed by atoms with E-state index >= 15 is 0 Å². The molecule has 0 fully saturated rings. The Morgan fingerprint density at radius 1 is 1.00 bits per heavy atom. The molecule has 0 unspecified atom stereocenters. The monoisotopic (exact) mass is 387 g/mol. The first-order valence-electron chi connectivity index (χ1n) is 8.64. The van der Waals surface area contributed by atoms with Gasteiger partial charge in [0.1, 0.15) is 16.6 Å². The first-order valence-corrected chi connectivity index (χ1v) is 9.02. The summed E-state index contributed by atoms with van der Waals surface area (Å²) in [6, 6.07) is 12.9. The zero-order chi connectivity index (χ0) is 19.6. The van der Waals surface area contributed by atoms with Gasteiger partial charge in [-0.3, -0.25) is 14.5 Å². The molecule has 27 heavy (non-hydrogen) atoms. The van der Waals surface area contributed by atoms with Crippen molar-refractivity contribution in [2.75, 3.05) is 6.54 Å². The zero-order valence-electron chi connectivity index (χ0n) is 15.0. The Bertz CT molecular complexity index is 889. The minimum absolute atomic E-state index is 0.0373. The van der Waals surface area contributed by atoms with E-state index in [-0.39, 0.29) is 29.1 Å². The Morgan fingerprint density at radius 3 is 2.22 bits per heavy atom. The highest BCUT2D eigenvalue weighted by molar-refractivity contribution is 6.55. The summed E-state index contributed by atoms with van der Waals surface area (Å²) in [7, 11) is 0. The normalized spacial score (nSPS) is 14.5. The number of benzene rings is 2. The molecule has 2 amide bonds. The van der Waals surface area contributed by atoms with Crippen LogP contribution in [-0.4, -0.2) is 29.4 Å². The van der Waals surface area contributed by atoms with Crippen LogP contribution in [0.3, 0.4) is 0 Å². The maximum Gasteiger partial charge on any atom is 0.273 e. The van der Waals surface area contributed by atoms with Gasteiger partial charge in [-0.2, -0.15) is 0 Å². The van der Waals surface area contributed by atoms with Crippen LogP contribution in [0.25, 0.3) is 5.57 Å². The third kappa shape index (κ3) is 4.19. The van der Waals surface area contributed by atoms with Crippen molar-refractivity contribution in [2.45, 2.75) is 26.4 Å². The van der Waals surface area contributed by atoms with Crippen LogP contribution in [0.4, 0.5) is 4.39 Å². The average Bonchev–Trinajstić information content (AvgIpc) is 2.84. The van der Waals surface area contributed by atoms with Crippen molar-refractivity contribution in [3.05, 3.63) is 70.5 Å². The van der Waals surface area contributed by atoms with Crippen LogP contribution >= 0.6 is 11.6 Å². The molecule has 140 valence electrons. The topological polar surface area (TPSA) is 46.6 Å². The maximum absolute atomic E-state index is 13.0. The SMILES string of the molecule is CC(C)Oc1ccc(C2=C(Cl)C(=O)N(CCc3ccc(F)cc3)C2=O)cc1. The molecule has 0 aromatic heterocycles. The van der Waals surface area contributed by atoms with Gasteiger partial charge in [0.05, 0.1) is 11.7 Å². The van der Waals surface area contributed by atoms with Gasteiger partial charge in [-0.1, -0.05) is 35.9 Å². The first kappa shape index (κ1) is 19.1. The molecule has 6 heteroatoms. The lowest BCUT2D eigenvalue weighted by atomic mass is 10.1. The second-order valence-electron chi connectivity index (χ2n) is 6.52. The summed E-state index contributed by atoms with van der Waals surface area (Å²) in [4.78, 5) is 26.3. The number of hydrogen-bond acceptors (Lipinski definition) is 3. The number of rotatable bonds is 6. The second kappa shape index (κ2) is 7.92. The molecule has 0 saturated carbocycles. The molecule has 1 heterocycles. The Morgan fingerprint density at radius 2 is 1.63 bits per heavy atom. The summed E-state index contributed by atoms with van der Waals surface area (Å²) in [6.07, 6.45) is 0.464. The fourth-order valence-corrected chi connectivity index (χ4v) is 3.16. The highest BCUT2D eigenvalue weighted by Gasteiger charge is 2.37. The van der Waals surface area contributed by atoms with E-state index in [1.807, 2.05) is 13.8 Å². The Hall–Kier alpha value is -2.66. The van der Waals surface area contributed by atoms with Gasteiger partial charge < -0.3 is 4.74 Å². The van der Waals surface area contributed by atoms with Crippen molar-refractivity contribution in [3.8, 4) is 5.75 Å². The quantitative estimate of drug-likeness (QED) is 0.699. The molecule has 0 spiro atoms. The van der Waals surface area contributed by atoms with Gasteiger partial charge in [-0.05, 0) is 55.7 Å². The van der Waals surface area contributed by atoms with Gasteiger partial charge in [-0.25, -0.2) is 4.39 Å². The van der Waals surface area contributed by atoms with Crippen molar-refractivity contribution < 1.29 is 18.7 Å². The lowest BCUT2D eigenvalue weighted by Crippen LogP contribution is -2.33. The molecule has 0 bridgehead atoms. The Kier molecular flexibility index (Phi) is 5.61. The number of halogens is 2. The minimum atomic E-state index is -0.513. The number of ether oxygens (including phenoxy) is 1. The fraction of sp³-hybridized carbons (Fsp3) is 0.238. The van der Waals surface area contributed by atoms with Crippen molar-refractivity contribution in [3.63, 3.8) is 0 Å². The lowest BCUT2D eigenvalue weighted by molar-refractivity contribution is -0.136. The summed E-state index contributed by atoms with van der Waals surface area (Å²) >= 11 is 6.17. The number of amides is 2. The highest BCUT2D eigenvalue weighted by Crippen LogP contribution is 2.32. The molecule has 2 aromatic carbocycles. The third-order valence-corrected chi connectivity index (χ3v) is 4.51. The predicted molar refractivity (Wildman–Crippen MR) is 102 cm³/mol. The molecule has 0 atom stereocenters. The Balaban J connectivity index is 1.74. The molecule has 4 nitrogen and oxygen atoms in total. The molecular weight excluding hydrogens is 369 g/mol. The van der Waals surface area contributed by atoms with Crippen LogP contribution in [0, 0.1) is 5.82 Å². The van der Waals surface area contributed by atoms with Gasteiger partial charge in [0.2, 0.25) is 0 Å². The number of hydrogen-bond donors (Lipinski definition) is 0. The fourth-order valence-electron chi connectivity index (χ4n) is 2.86. The van der Waals surface area contributed by atoms with Crippen LogP contribution in [-0.2, 0) is 16.0 Å². The predicted octanol–water partition coefficient (Wildman–Crippen LogP) is 4.17. The summed E-state index contributed by atoms with van der Waals surface area (Å²) in [5.41, 5.74) is 1.59. The number of carbonyl (C=O) groups is 2. The molecule has 1 aliphatic heterocycles. The van der Waals surface area contributed by atoms with Gasteiger partial charge in [0, 0.05) is 6.54 Å². The smallest absolute Gasteiger partial charge is 0.273 e. The van der Waals surface area contributed by atoms with Gasteiger partial charge in [-0.15, -0.1) is 0 Å². The molecule has 0 aliphatic carbocycles. The van der Waals surface area contributed by atoms with Crippen LogP contribution in [0.1, 0.15) is 25.0 Å². The average molecular weight is 388 g/mol. The summed E-state index contributed by atoms with van der Waals surface area (Å²) in [6.45, 7) is 4.02. The molecular formula is C21H19ClFNO3. The van der Waals surface area contributed by atoms with E-state index in [0.29, 0.717) is 17.7 Å². The number of carbonyl (C=O) groups excluding carboxylic acids is 2. The summed E-state index contributed by atoms with van der Waals surface area (Å²) < 4.78 is 18.6.